The number of hydrogen-bond donors (Lipinski definition) is 0. The van der Waals surface area contributed by atoms with Gasteiger partial charge in [-0.3, -0.25) is 0 Å². The Morgan fingerprint density at radius 3 is 2.30 bits per heavy atom. The second-order valence-corrected chi connectivity index (χ2v) is 19.0. The predicted molar refractivity (Wildman–Crippen MR) is 175 cm³/mol. The minimum atomic E-state index is 0.162. The maximum atomic E-state index is 6.82. The molecule has 43 heavy (non-hydrogen) atoms. The van der Waals surface area contributed by atoms with Crippen molar-refractivity contribution >= 4 is 0 Å². The van der Waals surface area contributed by atoms with E-state index in [0.29, 0.717) is 33.2 Å². The zero-order valence-corrected chi connectivity index (χ0v) is 29.7. The highest BCUT2D eigenvalue weighted by molar-refractivity contribution is 5.30. The molecule has 2 bridgehead atoms. The van der Waals surface area contributed by atoms with Gasteiger partial charge in [0, 0.05) is 11.8 Å². The Hall–Kier alpha value is -0.900. The zero-order valence-electron chi connectivity index (χ0n) is 29.7. The summed E-state index contributed by atoms with van der Waals surface area (Å²) >= 11 is 0. The van der Waals surface area contributed by atoms with Gasteiger partial charge in [-0.15, -0.1) is 9.36 Å². The smallest absolute Gasteiger partial charge is 0.176 e. The quantitative estimate of drug-likeness (QED) is 0.234. The maximum absolute atomic E-state index is 6.82. The van der Waals surface area contributed by atoms with E-state index in [0.717, 1.165) is 36.8 Å². The van der Waals surface area contributed by atoms with Crippen LogP contribution >= 0.6 is 0 Å². The van der Waals surface area contributed by atoms with Crippen LogP contribution in [0.5, 0.6) is 0 Å². The minimum absolute atomic E-state index is 0.162. The van der Waals surface area contributed by atoms with Crippen LogP contribution in [-0.4, -0.2) is 22.6 Å². The van der Waals surface area contributed by atoms with Crippen LogP contribution in [0.25, 0.3) is 0 Å². The van der Waals surface area contributed by atoms with Gasteiger partial charge < -0.3 is 4.74 Å². The van der Waals surface area contributed by atoms with Crippen molar-refractivity contribution in [3.05, 3.63) is 11.4 Å². The first-order valence-corrected chi connectivity index (χ1v) is 18.8. The molecule has 0 unspecified atom stereocenters. The molecule has 0 aromatic carbocycles. The standard InChI is InChI=1S/C39H66N3O/c1-10-11-12-13-14-15-24-42-32-28(41(9)40-42)25-36(6)29(35(32,4)5)18-19-38(8)30(36)17-16-27-31-33-34(2,3)20-22-39(31,26-43-33)23-21-37(27,38)7/h27,29-31,33H,10-26H2,1-9H3/q+1/t27-,29+,30-,31+,33-,36+,37-,38-,39-/m1/s1. The first kappa shape index (κ1) is 30.7. The summed E-state index contributed by atoms with van der Waals surface area (Å²) < 4.78 is 11.6. The third-order valence-electron chi connectivity index (χ3n) is 16.3. The number of fused-ring (bicyclic) bond motifs is 6. The number of rotatable bonds is 7. The van der Waals surface area contributed by atoms with Gasteiger partial charge in [0.05, 0.1) is 17.9 Å². The van der Waals surface area contributed by atoms with E-state index in [2.05, 4.69) is 71.8 Å². The summed E-state index contributed by atoms with van der Waals surface area (Å²) in [4.78, 5) is 0. The highest BCUT2D eigenvalue weighted by atomic mass is 16.5. The van der Waals surface area contributed by atoms with Crippen molar-refractivity contribution in [1.82, 2.24) is 9.90 Å². The van der Waals surface area contributed by atoms with Crippen molar-refractivity contribution in [1.29, 1.82) is 0 Å². The number of ether oxygens (including phenoxy) is 1. The van der Waals surface area contributed by atoms with E-state index < -0.39 is 0 Å². The van der Waals surface area contributed by atoms with Gasteiger partial charge in [-0.2, -0.15) is 0 Å². The lowest BCUT2D eigenvalue weighted by atomic mass is 9.31. The SMILES string of the molecule is CCCCCCCC[n+]1nn(C)c2c1C(C)(C)[C@@H]1CC[C@]3(C)[C@H](CC[C@@H]4[C@H]5[C@H]6OC[C@@]5(CCC6(C)C)CC[C@]43C)[C@@]1(C)C2. The van der Waals surface area contributed by atoms with Gasteiger partial charge >= 0.3 is 0 Å². The highest BCUT2D eigenvalue weighted by Crippen LogP contribution is 2.77. The van der Waals surface area contributed by atoms with Gasteiger partial charge in [-0.25, -0.2) is 0 Å². The van der Waals surface area contributed by atoms with E-state index in [1.807, 2.05) is 0 Å². The average molecular weight is 593 g/mol. The van der Waals surface area contributed by atoms with Crippen LogP contribution < -0.4 is 4.68 Å². The number of hydrogen-bond acceptors (Lipinski definition) is 2. The number of aromatic nitrogens is 3. The molecule has 0 N–H and O–H groups in total. The Bertz CT molecular complexity index is 1230. The third kappa shape index (κ3) is 4.08. The van der Waals surface area contributed by atoms with Gasteiger partial charge in [0.15, 0.2) is 11.4 Å². The summed E-state index contributed by atoms with van der Waals surface area (Å²) in [5.74, 6) is 3.14. The Kier molecular flexibility index (Phi) is 7.18. The fraction of sp³-hybridized carbons (Fsp3) is 0.949. The highest BCUT2D eigenvalue weighted by Gasteiger charge is 2.73. The van der Waals surface area contributed by atoms with Crippen molar-refractivity contribution in [2.24, 2.45) is 57.8 Å². The molecular weight excluding hydrogens is 526 g/mol. The summed E-state index contributed by atoms with van der Waals surface area (Å²) in [6, 6.07) is 0. The molecule has 242 valence electrons. The molecule has 4 nitrogen and oxygen atoms in total. The molecule has 5 fully saturated rings. The van der Waals surface area contributed by atoms with Crippen LogP contribution in [0, 0.1) is 50.7 Å². The molecule has 0 spiro atoms. The van der Waals surface area contributed by atoms with Gasteiger partial charge in [0.1, 0.15) is 13.6 Å². The summed E-state index contributed by atoms with van der Waals surface area (Å²) in [5.41, 5.74) is 5.26. The first-order valence-electron chi connectivity index (χ1n) is 18.8. The molecule has 1 aliphatic heterocycles. The lowest BCUT2D eigenvalue weighted by molar-refractivity contribution is -0.765. The summed E-state index contributed by atoms with van der Waals surface area (Å²) in [6.07, 6.45) is 21.0. The van der Waals surface area contributed by atoms with E-state index >= 15 is 0 Å². The van der Waals surface area contributed by atoms with Gasteiger partial charge in [-0.05, 0) is 115 Å². The van der Waals surface area contributed by atoms with Crippen LogP contribution in [0.15, 0.2) is 0 Å². The van der Waals surface area contributed by atoms with Crippen molar-refractivity contribution < 1.29 is 9.42 Å². The predicted octanol–water partition coefficient (Wildman–Crippen LogP) is 8.97. The van der Waals surface area contributed by atoms with Gasteiger partial charge in [0.25, 0.3) is 0 Å². The molecule has 0 amide bonds. The largest absolute Gasteiger partial charge is 0.377 e. The first-order chi connectivity index (χ1) is 20.3. The van der Waals surface area contributed by atoms with E-state index in [9.17, 15) is 0 Å². The average Bonchev–Trinajstić information content (AvgIpc) is 3.44. The van der Waals surface area contributed by atoms with Crippen LogP contribution in [0.4, 0.5) is 0 Å². The van der Waals surface area contributed by atoms with E-state index in [4.69, 9.17) is 9.95 Å². The fourth-order valence-electron chi connectivity index (χ4n) is 14.0. The summed E-state index contributed by atoms with van der Waals surface area (Å²) in [6.45, 7) is 23.0. The van der Waals surface area contributed by atoms with E-state index in [1.54, 1.807) is 11.4 Å². The van der Waals surface area contributed by atoms with Crippen molar-refractivity contribution in [2.45, 2.75) is 170 Å². The van der Waals surface area contributed by atoms with Crippen LogP contribution in [0.2, 0.25) is 0 Å². The van der Waals surface area contributed by atoms with Crippen molar-refractivity contribution in [3.8, 4) is 0 Å². The molecule has 7 rings (SSSR count). The Balaban J connectivity index is 1.19. The molecular formula is C39H66N3O+. The molecule has 4 heteroatoms. The van der Waals surface area contributed by atoms with Gasteiger partial charge in [0.2, 0.25) is 0 Å². The van der Waals surface area contributed by atoms with E-state index in [1.165, 1.54) is 96.3 Å². The second-order valence-electron chi connectivity index (χ2n) is 19.0. The van der Waals surface area contributed by atoms with E-state index in [-0.39, 0.29) is 5.41 Å². The zero-order chi connectivity index (χ0) is 30.6. The van der Waals surface area contributed by atoms with Gasteiger partial charge in [-0.1, -0.05) is 81.1 Å². The van der Waals surface area contributed by atoms with Crippen LogP contribution in [0.3, 0.4) is 0 Å². The molecule has 4 saturated carbocycles. The molecule has 9 atom stereocenters. The Labute approximate surface area is 264 Å². The normalized spacial score (nSPS) is 45.5. The minimum Gasteiger partial charge on any atom is -0.377 e. The summed E-state index contributed by atoms with van der Waals surface area (Å²) in [5, 5.41) is 5.21. The van der Waals surface area contributed by atoms with Crippen LogP contribution in [0.1, 0.15) is 157 Å². The molecule has 1 aromatic heterocycles. The topological polar surface area (TPSA) is 30.9 Å². The maximum Gasteiger partial charge on any atom is 0.176 e. The van der Waals surface area contributed by atoms with Crippen molar-refractivity contribution in [3.63, 3.8) is 0 Å². The molecule has 6 aliphatic rings. The lowest BCUT2D eigenvalue weighted by Gasteiger charge is -2.72. The summed E-state index contributed by atoms with van der Waals surface area (Å²) in [7, 11) is 2.25. The molecule has 1 aromatic rings. The number of unbranched alkanes of at least 4 members (excludes halogenated alkanes) is 5. The monoisotopic (exact) mass is 593 g/mol. The fourth-order valence-corrected chi connectivity index (χ4v) is 14.0. The second kappa shape index (κ2) is 10.0. The Morgan fingerprint density at radius 2 is 1.53 bits per heavy atom. The number of aryl methyl sites for hydroxylation is 2. The molecule has 0 radical (unpaired) electrons. The lowest BCUT2D eigenvalue weighted by Crippen LogP contribution is -2.68. The third-order valence-corrected chi connectivity index (χ3v) is 16.3. The molecule has 1 saturated heterocycles. The van der Waals surface area contributed by atoms with Crippen molar-refractivity contribution in [2.75, 3.05) is 6.61 Å². The Morgan fingerprint density at radius 1 is 0.814 bits per heavy atom. The number of nitrogens with zero attached hydrogens (tertiary/aromatic N) is 3. The van der Waals surface area contributed by atoms with Crippen LogP contribution in [-0.2, 0) is 30.2 Å². The molecule has 2 heterocycles. The molecule has 5 aliphatic carbocycles.